The van der Waals surface area contributed by atoms with Crippen molar-refractivity contribution in [2.75, 3.05) is 25.0 Å². The molecule has 4 aliphatic rings. The van der Waals surface area contributed by atoms with Crippen molar-refractivity contribution in [3.05, 3.63) is 65.2 Å². The van der Waals surface area contributed by atoms with E-state index in [1.165, 1.54) is 0 Å². The Labute approximate surface area is 243 Å². The molecule has 11 nitrogen and oxygen atoms in total. The largest absolute Gasteiger partial charge is 0.460 e. The molecule has 4 amide bonds. The monoisotopic (exact) mass is 574 g/mol. The highest BCUT2D eigenvalue weighted by atomic mass is 16.5. The Kier molecular flexibility index (Phi) is 8.03. The van der Waals surface area contributed by atoms with E-state index in [4.69, 9.17) is 9.47 Å². The molecule has 2 N–H and O–H groups in total. The number of hydrogen-bond donors (Lipinski definition) is 2. The molecule has 2 saturated heterocycles. The van der Waals surface area contributed by atoms with Crippen LogP contribution in [0.2, 0.25) is 0 Å². The summed E-state index contributed by atoms with van der Waals surface area (Å²) < 4.78 is 11.7. The van der Waals surface area contributed by atoms with Crippen LogP contribution in [-0.4, -0.2) is 83.3 Å². The van der Waals surface area contributed by atoms with Crippen molar-refractivity contribution in [3.8, 4) is 0 Å². The van der Waals surface area contributed by atoms with Gasteiger partial charge in [0, 0.05) is 31.2 Å². The number of hydrogen-bond acceptors (Lipinski definition) is 9. The lowest BCUT2D eigenvalue weighted by Crippen LogP contribution is -2.54. The fraction of sp³-hybridized carbons (Fsp3) is 0.452. The standard InChI is InChI=1S/C31H34N4O7/c36-26-10-9-25(29(38)33-26)35-30(39)23-7-4-8-24(28(23)31(35)40)32-20-15-22(16-20)42-21-11-13-34(14-12-21)17-27(37)41-18-19-5-2-1-3-6-19/h1-8,20-22,25,32H,9-18H2,(H,33,36,38). The molecule has 2 aromatic rings. The highest BCUT2D eigenvalue weighted by molar-refractivity contribution is 6.25. The molecule has 1 aliphatic carbocycles. The van der Waals surface area contributed by atoms with E-state index in [1.807, 2.05) is 30.3 Å². The first-order valence-corrected chi connectivity index (χ1v) is 14.5. The lowest BCUT2D eigenvalue weighted by Gasteiger charge is -2.40. The molecule has 2 aromatic carbocycles. The van der Waals surface area contributed by atoms with Gasteiger partial charge < -0.3 is 14.8 Å². The summed E-state index contributed by atoms with van der Waals surface area (Å²) in [5.41, 5.74) is 2.07. The third kappa shape index (κ3) is 5.93. The van der Waals surface area contributed by atoms with E-state index >= 15 is 0 Å². The Balaban J connectivity index is 0.946. The molecule has 3 aliphatic heterocycles. The summed E-state index contributed by atoms with van der Waals surface area (Å²) in [6.45, 7) is 2.11. The molecule has 6 rings (SSSR count). The van der Waals surface area contributed by atoms with Gasteiger partial charge in [0.2, 0.25) is 11.8 Å². The topological polar surface area (TPSA) is 134 Å². The van der Waals surface area contributed by atoms with E-state index in [0.717, 1.165) is 49.2 Å². The van der Waals surface area contributed by atoms with Gasteiger partial charge in [-0.2, -0.15) is 0 Å². The number of likely N-dealkylation sites (tertiary alicyclic amines) is 1. The highest BCUT2D eigenvalue weighted by Gasteiger charge is 2.46. The molecule has 3 heterocycles. The van der Waals surface area contributed by atoms with Crippen molar-refractivity contribution in [3.63, 3.8) is 0 Å². The van der Waals surface area contributed by atoms with Gasteiger partial charge >= 0.3 is 5.97 Å². The van der Waals surface area contributed by atoms with Crippen molar-refractivity contribution in [2.45, 2.75) is 69.4 Å². The van der Waals surface area contributed by atoms with E-state index in [1.54, 1.807) is 18.2 Å². The molecular weight excluding hydrogens is 540 g/mol. The second-order valence-corrected chi connectivity index (χ2v) is 11.4. The van der Waals surface area contributed by atoms with Gasteiger partial charge in [-0.05, 0) is 49.8 Å². The average molecular weight is 575 g/mol. The maximum atomic E-state index is 13.3. The quantitative estimate of drug-likeness (QED) is 0.342. The van der Waals surface area contributed by atoms with Crippen LogP contribution in [0.25, 0.3) is 0 Å². The van der Waals surface area contributed by atoms with Crippen molar-refractivity contribution in [1.29, 1.82) is 0 Å². The van der Waals surface area contributed by atoms with E-state index in [9.17, 15) is 24.0 Å². The molecule has 3 fully saturated rings. The third-order valence-electron chi connectivity index (χ3n) is 8.44. The maximum Gasteiger partial charge on any atom is 0.320 e. The molecule has 0 aromatic heterocycles. The number of amides is 4. The van der Waals surface area contributed by atoms with Gasteiger partial charge in [-0.25, -0.2) is 0 Å². The van der Waals surface area contributed by atoms with Crippen molar-refractivity contribution in [1.82, 2.24) is 15.1 Å². The number of carbonyl (C=O) groups excluding carboxylic acids is 5. The van der Waals surface area contributed by atoms with E-state index < -0.39 is 29.7 Å². The van der Waals surface area contributed by atoms with E-state index in [0.29, 0.717) is 5.69 Å². The van der Waals surface area contributed by atoms with Crippen LogP contribution in [-0.2, 0) is 30.5 Å². The molecule has 220 valence electrons. The molecule has 0 radical (unpaired) electrons. The molecule has 0 bridgehead atoms. The van der Waals surface area contributed by atoms with Crippen LogP contribution in [0, 0.1) is 0 Å². The number of nitrogens with zero attached hydrogens (tertiary/aromatic N) is 2. The Morgan fingerprint density at radius 3 is 2.40 bits per heavy atom. The summed E-state index contributed by atoms with van der Waals surface area (Å²) in [6, 6.07) is 13.8. The van der Waals surface area contributed by atoms with Gasteiger partial charge in [0.1, 0.15) is 12.6 Å². The van der Waals surface area contributed by atoms with Crippen molar-refractivity contribution < 1.29 is 33.4 Å². The molecule has 1 atom stereocenters. The number of anilines is 1. The SMILES string of the molecule is O=C1CCC(N2C(=O)c3cccc(NC4CC(OC5CCN(CC(=O)OCc6ccccc6)CC5)C4)c3C2=O)C(=O)N1. The number of benzene rings is 2. The second-order valence-electron chi connectivity index (χ2n) is 11.4. The van der Waals surface area contributed by atoms with Crippen LogP contribution in [0.5, 0.6) is 0 Å². The van der Waals surface area contributed by atoms with E-state index in [-0.39, 0.29) is 61.3 Å². The summed E-state index contributed by atoms with van der Waals surface area (Å²) in [5.74, 6) is -2.28. The first-order chi connectivity index (χ1) is 20.4. The molecule has 11 heteroatoms. The minimum absolute atomic E-state index is 0.0820. The normalized spacial score (nSPS) is 24.7. The van der Waals surface area contributed by atoms with Crippen LogP contribution in [0.1, 0.15) is 64.8 Å². The van der Waals surface area contributed by atoms with Crippen LogP contribution >= 0.6 is 0 Å². The minimum Gasteiger partial charge on any atom is -0.460 e. The number of imide groups is 2. The molecule has 1 unspecified atom stereocenters. The van der Waals surface area contributed by atoms with Crippen LogP contribution in [0.15, 0.2) is 48.5 Å². The molecular formula is C31H34N4O7. The van der Waals surface area contributed by atoms with Gasteiger partial charge in [-0.15, -0.1) is 0 Å². The Bertz CT molecular complexity index is 1380. The van der Waals surface area contributed by atoms with Gasteiger partial charge in [-0.1, -0.05) is 36.4 Å². The highest BCUT2D eigenvalue weighted by Crippen LogP contribution is 2.35. The van der Waals surface area contributed by atoms with Crippen molar-refractivity contribution >= 4 is 35.3 Å². The van der Waals surface area contributed by atoms with Gasteiger partial charge in [0.25, 0.3) is 11.8 Å². The maximum absolute atomic E-state index is 13.3. The smallest absolute Gasteiger partial charge is 0.320 e. The summed E-state index contributed by atoms with van der Waals surface area (Å²) in [6.07, 6.45) is 3.68. The second kappa shape index (κ2) is 12.0. The predicted octanol–water partition coefficient (Wildman–Crippen LogP) is 2.26. The molecule has 0 spiro atoms. The Hall–Kier alpha value is -4.09. The Morgan fingerprint density at radius 1 is 0.905 bits per heavy atom. The zero-order valence-electron chi connectivity index (χ0n) is 23.3. The minimum atomic E-state index is -0.990. The molecule has 42 heavy (non-hydrogen) atoms. The van der Waals surface area contributed by atoms with Gasteiger partial charge in [0.15, 0.2) is 0 Å². The average Bonchev–Trinajstić information content (AvgIpc) is 3.22. The fourth-order valence-corrected chi connectivity index (χ4v) is 6.09. The zero-order valence-corrected chi connectivity index (χ0v) is 23.3. The Morgan fingerprint density at radius 2 is 1.67 bits per heavy atom. The number of carbonyl (C=O) groups is 5. The summed E-state index contributed by atoms with van der Waals surface area (Å²) in [7, 11) is 0. The predicted molar refractivity (Wildman–Crippen MR) is 150 cm³/mol. The number of esters is 1. The van der Waals surface area contributed by atoms with Crippen molar-refractivity contribution in [2.24, 2.45) is 0 Å². The first kappa shape index (κ1) is 28.0. The summed E-state index contributed by atoms with van der Waals surface area (Å²) in [5, 5.41) is 5.62. The van der Waals surface area contributed by atoms with Gasteiger partial charge in [-0.3, -0.25) is 39.1 Å². The van der Waals surface area contributed by atoms with Crippen LogP contribution in [0.3, 0.4) is 0 Å². The number of ether oxygens (including phenoxy) is 2. The number of fused-ring (bicyclic) bond motifs is 1. The third-order valence-corrected chi connectivity index (χ3v) is 8.44. The lowest BCUT2D eigenvalue weighted by molar-refractivity contribution is -0.147. The lowest BCUT2D eigenvalue weighted by atomic mass is 9.88. The van der Waals surface area contributed by atoms with E-state index in [2.05, 4.69) is 15.5 Å². The molecule has 1 saturated carbocycles. The number of nitrogens with one attached hydrogen (secondary N) is 2. The van der Waals surface area contributed by atoms with Gasteiger partial charge in [0.05, 0.1) is 29.9 Å². The number of rotatable bonds is 9. The zero-order chi connectivity index (χ0) is 29.2. The summed E-state index contributed by atoms with van der Waals surface area (Å²) in [4.78, 5) is 65.6. The fourth-order valence-electron chi connectivity index (χ4n) is 6.09. The number of piperidine rings is 2. The summed E-state index contributed by atoms with van der Waals surface area (Å²) >= 11 is 0. The van der Waals surface area contributed by atoms with Crippen LogP contribution < -0.4 is 10.6 Å². The van der Waals surface area contributed by atoms with Crippen LogP contribution in [0.4, 0.5) is 5.69 Å². The first-order valence-electron chi connectivity index (χ1n) is 14.5.